The van der Waals surface area contributed by atoms with Gasteiger partial charge in [0.05, 0.1) is 32.1 Å². The van der Waals surface area contributed by atoms with Gasteiger partial charge in [0, 0.05) is 16.0 Å². The van der Waals surface area contributed by atoms with E-state index in [1.54, 1.807) is 28.8 Å². The van der Waals surface area contributed by atoms with Crippen molar-refractivity contribution in [3.05, 3.63) is 96.5 Å². The molecule has 4 aromatic rings. The van der Waals surface area contributed by atoms with Crippen LogP contribution in [0.25, 0.3) is 16.9 Å². The maximum absolute atomic E-state index is 13.8. The Morgan fingerprint density at radius 2 is 1.45 bits per heavy atom. The summed E-state index contributed by atoms with van der Waals surface area (Å²) < 4.78 is 29.0. The first-order valence-electron chi connectivity index (χ1n) is 8.44. The Morgan fingerprint density at radius 3 is 2.13 bits per heavy atom. The van der Waals surface area contributed by atoms with Crippen LogP contribution in [0.2, 0.25) is 20.1 Å². The van der Waals surface area contributed by atoms with Crippen molar-refractivity contribution in [1.29, 1.82) is 0 Å². The molecule has 0 fully saturated rings. The molecule has 1 heterocycles. The minimum absolute atomic E-state index is 0. The molecule has 10 heteroatoms. The zero-order chi connectivity index (χ0) is 21.4. The molecule has 0 spiro atoms. The quantitative estimate of drug-likeness (QED) is 0.248. The van der Waals surface area contributed by atoms with Crippen molar-refractivity contribution >= 4 is 75.8 Å². The van der Waals surface area contributed by atoms with Crippen LogP contribution >= 0.6 is 70.1 Å². The number of hydrogen-bond donors (Lipinski definition) is 0. The zero-order valence-electron chi connectivity index (χ0n) is 15.3. The Balaban J connectivity index is 0.00000272. The highest BCUT2D eigenvalue weighted by Gasteiger charge is 2.15. The van der Waals surface area contributed by atoms with Crippen molar-refractivity contribution < 1.29 is 8.78 Å². The van der Waals surface area contributed by atoms with Crippen LogP contribution < -0.4 is 4.80 Å². The lowest BCUT2D eigenvalue weighted by molar-refractivity contribution is 0.627. The Hall–Kier alpha value is -1.60. The maximum Gasteiger partial charge on any atom is 0.195 e. The highest BCUT2D eigenvalue weighted by molar-refractivity contribution is 7.07. The third-order valence-electron chi connectivity index (χ3n) is 4.20. The number of aromatic nitrogens is 1. The molecule has 0 aliphatic carbocycles. The van der Waals surface area contributed by atoms with E-state index in [0.29, 0.717) is 37.5 Å². The fourth-order valence-electron chi connectivity index (χ4n) is 2.81. The molecule has 0 saturated carbocycles. The average Bonchev–Trinajstić information content (AvgIpc) is 3.12. The lowest BCUT2D eigenvalue weighted by Crippen LogP contribution is -2.14. The van der Waals surface area contributed by atoms with Gasteiger partial charge in [0.15, 0.2) is 4.80 Å². The summed E-state index contributed by atoms with van der Waals surface area (Å²) in [7, 11) is 0. The van der Waals surface area contributed by atoms with E-state index in [0.717, 1.165) is 0 Å². The molecule has 160 valence electrons. The normalized spacial score (nSPS) is 11.5. The van der Waals surface area contributed by atoms with Crippen LogP contribution in [0.5, 0.6) is 0 Å². The summed E-state index contributed by atoms with van der Waals surface area (Å²) in [4.78, 5) is 5.11. The first-order valence-corrected chi connectivity index (χ1v) is 10.8. The fourth-order valence-corrected chi connectivity index (χ4v) is 4.46. The molecule has 0 N–H and O–H groups in total. The van der Waals surface area contributed by atoms with Crippen LogP contribution in [0.1, 0.15) is 0 Å². The van der Waals surface area contributed by atoms with Crippen LogP contribution in [0.15, 0.2) is 65.0 Å². The standard InChI is InChI=1S/C21H10Cl4F2N2S.ClH/c22-11-1-4-15(23)14(7-11)20-10-30-21(28-12-2-5-18(26)16(24)8-12)29(20)13-3-6-19(27)17(25)9-13;/h1-10H;1H. The molecular weight excluding hydrogens is 528 g/mol. The maximum atomic E-state index is 13.8. The van der Waals surface area contributed by atoms with Crippen LogP contribution in [-0.4, -0.2) is 4.57 Å². The number of thiazole rings is 1. The molecule has 0 saturated heterocycles. The molecule has 2 nitrogen and oxygen atoms in total. The Morgan fingerprint density at radius 1 is 0.774 bits per heavy atom. The van der Waals surface area contributed by atoms with Crippen molar-refractivity contribution in [2.45, 2.75) is 0 Å². The van der Waals surface area contributed by atoms with Crippen molar-refractivity contribution in [3.63, 3.8) is 0 Å². The van der Waals surface area contributed by atoms with E-state index in [2.05, 4.69) is 4.99 Å². The molecule has 31 heavy (non-hydrogen) atoms. The summed E-state index contributed by atoms with van der Waals surface area (Å²) in [5, 5.41) is 2.76. The van der Waals surface area contributed by atoms with Crippen molar-refractivity contribution in [2.75, 3.05) is 0 Å². The van der Waals surface area contributed by atoms with E-state index in [1.165, 1.54) is 41.7 Å². The highest BCUT2D eigenvalue weighted by atomic mass is 35.5. The van der Waals surface area contributed by atoms with Crippen LogP contribution in [0.4, 0.5) is 14.5 Å². The summed E-state index contributed by atoms with van der Waals surface area (Å²) >= 11 is 25.8. The lowest BCUT2D eigenvalue weighted by Gasteiger charge is -2.12. The predicted molar refractivity (Wildman–Crippen MR) is 128 cm³/mol. The average molecular weight is 539 g/mol. The van der Waals surface area contributed by atoms with Gasteiger partial charge in [-0.25, -0.2) is 13.8 Å². The summed E-state index contributed by atoms with van der Waals surface area (Å²) in [6.07, 6.45) is 0. The topological polar surface area (TPSA) is 17.3 Å². The molecule has 4 rings (SSSR count). The largest absolute Gasteiger partial charge is 0.285 e. The number of rotatable bonds is 3. The molecule has 0 radical (unpaired) electrons. The van der Waals surface area contributed by atoms with Crippen LogP contribution in [-0.2, 0) is 0 Å². The number of benzene rings is 3. The third kappa shape index (κ3) is 5.08. The predicted octanol–water partition coefficient (Wildman–Crippen LogP) is 8.75. The zero-order valence-corrected chi connectivity index (χ0v) is 19.9. The molecule has 0 bridgehead atoms. The van der Waals surface area contributed by atoms with E-state index in [1.807, 2.05) is 5.38 Å². The van der Waals surface area contributed by atoms with Gasteiger partial charge in [-0.3, -0.25) is 4.57 Å². The molecule has 3 aromatic carbocycles. The van der Waals surface area contributed by atoms with E-state index in [4.69, 9.17) is 46.4 Å². The van der Waals surface area contributed by atoms with E-state index in [9.17, 15) is 8.78 Å². The molecule has 0 aliphatic heterocycles. The van der Waals surface area contributed by atoms with Gasteiger partial charge in [0.1, 0.15) is 11.6 Å². The summed E-state index contributed by atoms with van der Waals surface area (Å²) in [5.41, 5.74) is 2.37. The molecule has 0 unspecified atom stereocenters. The Bertz CT molecular complexity index is 1330. The van der Waals surface area contributed by atoms with E-state index >= 15 is 0 Å². The fraction of sp³-hybridized carbons (Fsp3) is 0. The van der Waals surface area contributed by atoms with Crippen molar-refractivity contribution in [1.82, 2.24) is 4.57 Å². The van der Waals surface area contributed by atoms with E-state index in [-0.39, 0.29) is 22.5 Å². The van der Waals surface area contributed by atoms with Gasteiger partial charge in [-0.05, 0) is 54.6 Å². The summed E-state index contributed by atoms with van der Waals surface area (Å²) in [6.45, 7) is 0. The Labute approximate surface area is 206 Å². The number of nitrogens with zero attached hydrogens (tertiary/aromatic N) is 2. The van der Waals surface area contributed by atoms with Crippen LogP contribution in [0, 0.1) is 11.6 Å². The first-order chi connectivity index (χ1) is 14.3. The second-order valence-electron chi connectivity index (χ2n) is 6.17. The van der Waals surface area contributed by atoms with Gasteiger partial charge < -0.3 is 0 Å². The van der Waals surface area contributed by atoms with Gasteiger partial charge in [-0.15, -0.1) is 23.7 Å². The third-order valence-corrected chi connectivity index (χ3v) is 6.17. The molecule has 0 atom stereocenters. The lowest BCUT2D eigenvalue weighted by atomic mass is 10.1. The van der Waals surface area contributed by atoms with E-state index < -0.39 is 11.6 Å². The van der Waals surface area contributed by atoms with Gasteiger partial charge in [-0.1, -0.05) is 46.4 Å². The minimum atomic E-state index is -0.539. The number of halogens is 7. The second-order valence-corrected chi connectivity index (χ2v) is 8.67. The monoisotopic (exact) mass is 536 g/mol. The van der Waals surface area contributed by atoms with Crippen LogP contribution in [0.3, 0.4) is 0 Å². The smallest absolute Gasteiger partial charge is 0.195 e. The molecular formula is C21H11Cl5F2N2S. The minimum Gasteiger partial charge on any atom is -0.285 e. The summed E-state index contributed by atoms with van der Waals surface area (Å²) in [6, 6.07) is 13.6. The highest BCUT2D eigenvalue weighted by Crippen LogP contribution is 2.33. The SMILES string of the molecule is Cl.Fc1ccc(N=c2scc(-c3cc(Cl)ccc3Cl)n2-c2ccc(F)c(Cl)c2)cc1Cl. The Kier molecular flexibility index (Phi) is 7.68. The van der Waals surface area contributed by atoms with Gasteiger partial charge in [-0.2, -0.15) is 0 Å². The molecule has 0 aliphatic rings. The van der Waals surface area contributed by atoms with Gasteiger partial charge in [0.2, 0.25) is 0 Å². The first kappa shape index (κ1) is 24.1. The number of hydrogen-bond acceptors (Lipinski definition) is 2. The van der Waals surface area contributed by atoms with Crippen molar-refractivity contribution in [3.8, 4) is 16.9 Å². The second kappa shape index (κ2) is 9.90. The summed E-state index contributed by atoms with van der Waals surface area (Å²) in [5.74, 6) is -1.08. The van der Waals surface area contributed by atoms with Gasteiger partial charge >= 0.3 is 0 Å². The molecule has 1 aromatic heterocycles. The van der Waals surface area contributed by atoms with Gasteiger partial charge in [0.25, 0.3) is 0 Å². The van der Waals surface area contributed by atoms with Crippen molar-refractivity contribution in [2.24, 2.45) is 4.99 Å². The molecule has 0 amide bonds.